The van der Waals surface area contributed by atoms with Crippen molar-refractivity contribution in [1.29, 1.82) is 0 Å². The van der Waals surface area contributed by atoms with E-state index in [1.807, 2.05) is 0 Å². The summed E-state index contributed by atoms with van der Waals surface area (Å²) in [4.78, 5) is 23.2. The molecule has 2 rings (SSSR count). The average molecular weight is 383 g/mol. The smallest absolute Gasteiger partial charge is 0.238 e. The van der Waals surface area contributed by atoms with Gasteiger partial charge >= 0.3 is 0 Å². The molecule has 2 aromatic rings. The zero-order valence-corrected chi connectivity index (χ0v) is 15.2. The highest BCUT2D eigenvalue weighted by Gasteiger charge is 2.14. The van der Waals surface area contributed by atoms with E-state index < -0.39 is 5.82 Å². The van der Waals surface area contributed by atoms with Crippen molar-refractivity contribution < 1.29 is 14.0 Å². The summed E-state index contributed by atoms with van der Waals surface area (Å²) < 4.78 is 13.6. The van der Waals surface area contributed by atoms with E-state index in [1.54, 1.807) is 31.2 Å². The topological polar surface area (TPSA) is 58.2 Å². The van der Waals surface area contributed by atoms with Gasteiger partial charge in [0.05, 0.1) is 11.6 Å². The summed E-state index contributed by atoms with van der Waals surface area (Å²) in [5.41, 5.74) is 1.67. The number of halogens is 3. The minimum atomic E-state index is -0.565. The van der Waals surface area contributed by atoms with Gasteiger partial charge in [-0.15, -0.1) is 0 Å². The van der Waals surface area contributed by atoms with Gasteiger partial charge in [0.1, 0.15) is 5.82 Å². The van der Waals surface area contributed by atoms with Gasteiger partial charge in [-0.25, -0.2) is 4.39 Å². The van der Waals surface area contributed by atoms with Crippen molar-refractivity contribution in [1.82, 2.24) is 5.32 Å². The Labute approximate surface area is 155 Å². The van der Waals surface area contributed by atoms with Crippen LogP contribution < -0.4 is 10.6 Å². The Morgan fingerprint density at radius 1 is 1.12 bits per heavy atom. The molecule has 4 nitrogen and oxygen atoms in total. The fraction of sp³-hybridized carbons (Fsp3) is 0.222. The SMILES string of the molecule is CC(=O)c1ccc(NC(=O)CN[C@@H](C)c2cc(F)c(Cl)cc2Cl)cc1. The first-order chi connectivity index (χ1) is 11.8. The lowest BCUT2D eigenvalue weighted by molar-refractivity contribution is -0.115. The second kappa shape index (κ2) is 8.43. The molecular weight excluding hydrogens is 366 g/mol. The Morgan fingerprint density at radius 3 is 2.36 bits per heavy atom. The number of amides is 1. The molecule has 0 heterocycles. The third-order valence-corrected chi connectivity index (χ3v) is 4.27. The van der Waals surface area contributed by atoms with Crippen molar-refractivity contribution in [3.05, 3.63) is 63.4 Å². The van der Waals surface area contributed by atoms with Gasteiger partial charge in [-0.05, 0) is 55.8 Å². The zero-order valence-electron chi connectivity index (χ0n) is 13.7. The molecule has 1 atom stereocenters. The predicted molar refractivity (Wildman–Crippen MR) is 97.9 cm³/mol. The molecule has 0 unspecified atom stereocenters. The van der Waals surface area contributed by atoms with Crippen LogP contribution in [-0.2, 0) is 4.79 Å². The van der Waals surface area contributed by atoms with E-state index in [4.69, 9.17) is 23.2 Å². The number of carbonyl (C=O) groups is 2. The molecule has 0 saturated heterocycles. The predicted octanol–water partition coefficient (Wildman–Crippen LogP) is 4.62. The molecule has 1 amide bonds. The quantitative estimate of drug-likeness (QED) is 0.565. The van der Waals surface area contributed by atoms with Crippen LogP contribution in [0.15, 0.2) is 36.4 Å². The van der Waals surface area contributed by atoms with Crippen molar-refractivity contribution in [3.8, 4) is 0 Å². The first kappa shape index (κ1) is 19.4. The average Bonchev–Trinajstić information content (AvgIpc) is 2.56. The highest BCUT2D eigenvalue weighted by molar-refractivity contribution is 6.35. The van der Waals surface area contributed by atoms with Crippen molar-refractivity contribution in [2.45, 2.75) is 19.9 Å². The van der Waals surface area contributed by atoms with Gasteiger partial charge in [0, 0.05) is 22.3 Å². The summed E-state index contributed by atoms with van der Waals surface area (Å²) in [5.74, 6) is -0.877. The van der Waals surface area contributed by atoms with Crippen LogP contribution in [0.25, 0.3) is 0 Å². The lowest BCUT2D eigenvalue weighted by Gasteiger charge is -2.16. The number of hydrogen-bond acceptors (Lipinski definition) is 3. The van der Waals surface area contributed by atoms with Crippen LogP contribution in [0, 0.1) is 5.82 Å². The Hall–Kier alpha value is -1.95. The minimum absolute atomic E-state index is 0.0101. The van der Waals surface area contributed by atoms with E-state index in [0.29, 0.717) is 21.8 Å². The third kappa shape index (κ3) is 5.26. The van der Waals surface area contributed by atoms with Crippen LogP contribution in [0.2, 0.25) is 10.0 Å². The van der Waals surface area contributed by atoms with Crippen LogP contribution in [0.4, 0.5) is 10.1 Å². The van der Waals surface area contributed by atoms with Crippen molar-refractivity contribution in [3.63, 3.8) is 0 Å². The number of carbonyl (C=O) groups excluding carboxylic acids is 2. The van der Waals surface area contributed by atoms with Crippen LogP contribution in [0.1, 0.15) is 35.8 Å². The number of benzene rings is 2. The second-order valence-electron chi connectivity index (χ2n) is 5.57. The highest BCUT2D eigenvalue weighted by Crippen LogP contribution is 2.28. The van der Waals surface area contributed by atoms with Gasteiger partial charge in [0.2, 0.25) is 5.91 Å². The van der Waals surface area contributed by atoms with E-state index in [2.05, 4.69) is 10.6 Å². The van der Waals surface area contributed by atoms with E-state index in [1.165, 1.54) is 19.1 Å². The number of nitrogens with one attached hydrogen (secondary N) is 2. The molecule has 0 bridgehead atoms. The molecule has 132 valence electrons. The Balaban J connectivity index is 1.93. The lowest BCUT2D eigenvalue weighted by atomic mass is 10.1. The van der Waals surface area contributed by atoms with E-state index >= 15 is 0 Å². The van der Waals surface area contributed by atoms with E-state index in [9.17, 15) is 14.0 Å². The Morgan fingerprint density at radius 2 is 1.76 bits per heavy atom. The Kier molecular flexibility index (Phi) is 6.53. The van der Waals surface area contributed by atoms with E-state index in [-0.39, 0.29) is 29.3 Å². The molecule has 2 N–H and O–H groups in total. The maximum atomic E-state index is 13.6. The van der Waals surface area contributed by atoms with Crippen LogP contribution >= 0.6 is 23.2 Å². The normalized spacial score (nSPS) is 11.9. The maximum absolute atomic E-state index is 13.6. The Bertz CT molecular complexity index is 794. The second-order valence-corrected chi connectivity index (χ2v) is 6.39. The summed E-state index contributed by atoms with van der Waals surface area (Å²) in [6, 6.07) is 8.84. The van der Waals surface area contributed by atoms with Gasteiger partial charge in [-0.2, -0.15) is 0 Å². The maximum Gasteiger partial charge on any atom is 0.238 e. The van der Waals surface area contributed by atoms with Crippen LogP contribution in [0.3, 0.4) is 0 Å². The zero-order chi connectivity index (χ0) is 18.6. The molecule has 25 heavy (non-hydrogen) atoms. The molecule has 0 fully saturated rings. The number of ketones is 1. The van der Waals surface area contributed by atoms with Gasteiger partial charge in [-0.1, -0.05) is 23.2 Å². The minimum Gasteiger partial charge on any atom is -0.325 e. The molecule has 0 radical (unpaired) electrons. The fourth-order valence-corrected chi connectivity index (χ4v) is 2.77. The summed E-state index contributed by atoms with van der Waals surface area (Å²) in [7, 11) is 0. The first-order valence-corrected chi connectivity index (χ1v) is 8.32. The fourth-order valence-electron chi connectivity index (χ4n) is 2.22. The van der Waals surface area contributed by atoms with E-state index in [0.717, 1.165) is 0 Å². The largest absolute Gasteiger partial charge is 0.325 e. The summed E-state index contributed by atoms with van der Waals surface area (Å²) in [6.07, 6.45) is 0. The highest BCUT2D eigenvalue weighted by atomic mass is 35.5. The van der Waals surface area contributed by atoms with Gasteiger partial charge in [0.15, 0.2) is 5.78 Å². The summed E-state index contributed by atoms with van der Waals surface area (Å²) in [6.45, 7) is 3.25. The lowest BCUT2D eigenvalue weighted by Crippen LogP contribution is -2.30. The third-order valence-electron chi connectivity index (χ3n) is 3.65. The molecule has 0 aliphatic heterocycles. The first-order valence-electron chi connectivity index (χ1n) is 7.56. The monoisotopic (exact) mass is 382 g/mol. The van der Waals surface area contributed by atoms with Crippen LogP contribution in [0.5, 0.6) is 0 Å². The number of rotatable bonds is 6. The summed E-state index contributed by atoms with van der Waals surface area (Å²) >= 11 is 11.7. The molecular formula is C18H17Cl2FN2O2. The van der Waals surface area contributed by atoms with Gasteiger partial charge in [0.25, 0.3) is 0 Å². The van der Waals surface area contributed by atoms with Crippen LogP contribution in [-0.4, -0.2) is 18.2 Å². The standard InChI is InChI=1S/C18H17Cl2FN2O2/c1-10(14-7-17(21)16(20)8-15(14)19)22-9-18(25)23-13-5-3-12(4-6-13)11(2)24/h3-8,10,22H,9H2,1-2H3,(H,23,25)/t10-/m0/s1. The summed E-state index contributed by atoms with van der Waals surface area (Å²) in [5, 5.41) is 5.96. The number of hydrogen-bond donors (Lipinski definition) is 2. The molecule has 0 spiro atoms. The van der Waals surface area contributed by atoms with Crippen molar-refractivity contribution >= 4 is 40.6 Å². The molecule has 2 aromatic carbocycles. The van der Waals surface area contributed by atoms with Crippen molar-refractivity contribution in [2.24, 2.45) is 0 Å². The molecule has 0 aromatic heterocycles. The number of Topliss-reactive ketones (excluding diaryl/α,β-unsaturated/α-hetero) is 1. The van der Waals surface area contributed by atoms with Crippen molar-refractivity contribution in [2.75, 3.05) is 11.9 Å². The van der Waals surface area contributed by atoms with Gasteiger partial charge < -0.3 is 10.6 Å². The molecule has 7 heteroatoms. The molecule has 0 aliphatic carbocycles. The number of anilines is 1. The molecule has 0 saturated carbocycles. The molecule has 0 aliphatic rings. The van der Waals surface area contributed by atoms with Gasteiger partial charge in [-0.3, -0.25) is 9.59 Å².